The SMILES string of the molecule is CCc1ccccc1N1CC(C(=O)N2CCN(c3ccc(OC)cc3)CC2)CC1=O. The predicted octanol–water partition coefficient (Wildman–Crippen LogP) is 2.96. The fraction of sp³-hybridized carbons (Fsp3) is 0.417. The average Bonchev–Trinajstić information content (AvgIpc) is 3.20. The van der Waals surface area contributed by atoms with Crippen molar-refractivity contribution >= 4 is 23.2 Å². The Hall–Kier alpha value is -3.02. The van der Waals surface area contributed by atoms with Crippen molar-refractivity contribution in [2.24, 2.45) is 5.92 Å². The lowest BCUT2D eigenvalue weighted by atomic mass is 10.1. The minimum Gasteiger partial charge on any atom is -0.497 e. The number of carbonyl (C=O) groups is 2. The van der Waals surface area contributed by atoms with Crippen LogP contribution in [-0.2, 0) is 16.0 Å². The summed E-state index contributed by atoms with van der Waals surface area (Å²) in [6, 6.07) is 16.0. The Labute approximate surface area is 178 Å². The van der Waals surface area contributed by atoms with Crippen molar-refractivity contribution < 1.29 is 14.3 Å². The van der Waals surface area contributed by atoms with E-state index in [1.165, 1.54) is 0 Å². The zero-order valence-corrected chi connectivity index (χ0v) is 17.7. The molecule has 6 nitrogen and oxygen atoms in total. The zero-order valence-electron chi connectivity index (χ0n) is 17.7. The first-order chi connectivity index (χ1) is 14.6. The van der Waals surface area contributed by atoms with Gasteiger partial charge in [0.05, 0.1) is 13.0 Å². The highest BCUT2D eigenvalue weighted by Gasteiger charge is 2.38. The van der Waals surface area contributed by atoms with E-state index in [2.05, 4.69) is 30.0 Å². The van der Waals surface area contributed by atoms with Crippen LogP contribution in [0, 0.1) is 5.92 Å². The van der Waals surface area contributed by atoms with Crippen LogP contribution in [0.3, 0.4) is 0 Å². The van der Waals surface area contributed by atoms with Gasteiger partial charge in [0.2, 0.25) is 11.8 Å². The Morgan fingerprint density at radius 2 is 1.73 bits per heavy atom. The maximum absolute atomic E-state index is 13.1. The number of methoxy groups -OCH3 is 1. The number of benzene rings is 2. The summed E-state index contributed by atoms with van der Waals surface area (Å²) in [5, 5.41) is 0. The molecule has 2 aromatic rings. The van der Waals surface area contributed by atoms with E-state index in [9.17, 15) is 9.59 Å². The fourth-order valence-corrected chi connectivity index (χ4v) is 4.42. The molecule has 30 heavy (non-hydrogen) atoms. The molecule has 2 fully saturated rings. The molecule has 2 aliphatic rings. The van der Waals surface area contributed by atoms with Gasteiger partial charge in [-0.1, -0.05) is 25.1 Å². The van der Waals surface area contributed by atoms with Gasteiger partial charge in [-0.3, -0.25) is 9.59 Å². The van der Waals surface area contributed by atoms with Crippen LogP contribution in [0.15, 0.2) is 48.5 Å². The van der Waals surface area contributed by atoms with Crippen LogP contribution in [0.2, 0.25) is 0 Å². The lowest BCUT2D eigenvalue weighted by Crippen LogP contribution is -2.50. The number of hydrogen-bond acceptors (Lipinski definition) is 4. The third-order valence-electron chi connectivity index (χ3n) is 6.17. The molecule has 1 unspecified atom stereocenters. The first-order valence-corrected chi connectivity index (χ1v) is 10.7. The molecule has 0 saturated carbocycles. The summed E-state index contributed by atoms with van der Waals surface area (Å²) in [4.78, 5) is 31.8. The maximum Gasteiger partial charge on any atom is 0.228 e. The van der Waals surface area contributed by atoms with Gasteiger partial charge < -0.3 is 19.4 Å². The first kappa shape index (κ1) is 20.3. The van der Waals surface area contributed by atoms with Crippen LogP contribution in [-0.4, -0.2) is 56.5 Å². The summed E-state index contributed by atoms with van der Waals surface area (Å²) in [5.41, 5.74) is 3.23. The van der Waals surface area contributed by atoms with Gasteiger partial charge in [0.15, 0.2) is 0 Å². The number of piperazine rings is 1. The molecule has 2 saturated heterocycles. The van der Waals surface area contributed by atoms with Crippen LogP contribution >= 0.6 is 0 Å². The topological polar surface area (TPSA) is 53.1 Å². The first-order valence-electron chi connectivity index (χ1n) is 10.7. The molecule has 0 aromatic heterocycles. The van der Waals surface area contributed by atoms with Gasteiger partial charge in [0.25, 0.3) is 0 Å². The normalized spacial score (nSPS) is 19.3. The second-order valence-electron chi connectivity index (χ2n) is 7.90. The van der Waals surface area contributed by atoms with E-state index in [4.69, 9.17) is 4.74 Å². The summed E-state index contributed by atoms with van der Waals surface area (Å²) < 4.78 is 5.22. The summed E-state index contributed by atoms with van der Waals surface area (Å²) in [6.45, 7) is 5.52. The molecule has 158 valence electrons. The van der Waals surface area contributed by atoms with E-state index < -0.39 is 0 Å². The van der Waals surface area contributed by atoms with Gasteiger partial charge in [0, 0.05) is 50.5 Å². The van der Waals surface area contributed by atoms with Crippen LogP contribution in [0.25, 0.3) is 0 Å². The molecule has 0 bridgehead atoms. The Morgan fingerprint density at radius 1 is 1.03 bits per heavy atom. The molecule has 0 spiro atoms. The largest absolute Gasteiger partial charge is 0.497 e. The monoisotopic (exact) mass is 407 g/mol. The minimum absolute atomic E-state index is 0.0473. The fourth-order valence-electron chi connectivity index (χ4n) is 4.42. The van der Waals surface area contributed by atoms with E-state index in [0.717, 1.165) is 42.2 Å². The predicted molar refractivity (Wildman–Crippen MR) is 118 cm³/mol. The van der Waals surface area contributed by atoms with Crippen LogP contribution in [0.5, 0.6) is 5.75 Å². The zero-order chi connectivity index (χ0) is 21.1. The highest BCUT2D eigenvalue weighted by molar-refractivity contribution is 6.00. The molecule has 2 amide bonds. The van der Waals surface area contributed by atoms with Crippen molar-refractivity contribution in [3.05, 3.63) is 54.1 Å². The number of aryl methyl sites for hydroxylation is 1. The summed E-state index contributed by atoms with van der Waals surface area (Å²) in [6.07, 6.45) is 1.17. The Kier molecular flexibility index (Phi) is 5.93. The molecule has 4 rings (SSSR count). The highest BCUT2D eigenvalue weighted by atomic mass is 16.5. The molecule has 2 aliphatic heterocycles. The lowest BCUT2D eigenvalue weighted by molar-refractivity contribution is -0.136. The standard InChI is InChI=1S/C24H29N3O3/c1-3-18-6-4-5-7-22(18)27-17-19(16-23(27)28)24(29)26-14-12-25(13-15-26)20-8-10-21(30-2)11-9-20/h4-11,19H,3,12-17H2,1-2H3. The smallest absolute Gasteiger partial charge is 0.228 e. The third-order valence-corrected chi connectivity index (χ3v) is 6.17. The summed E-state index contributed by atoms with van der Waals surface area (Å²) >= 11 is 0. The molecule has 0 N–H and O–H groups in total. The van der Waals surface area contributed by atoms with E-state index >= 15 is 0 Å². The molecule has 2 aromatic carbocycles. The van der Waals surface area contributed by atoms with Gasteiger partial charge in [-0.05, 0) is 42.3 Å². The van der Waals surface area contributed by atoms with Crippen molar-refractivity contribution in [2.75, 3.05) is 49.6 Å². The second kappa shape index (κ2) is 8.78. The van der Waals surface area contributed by atoms with Gasteiger partial charge in [-0.2, -0.15) is 0 Å². The number of nitrogens with zero attached hydrogens (tertiary/aromatic N) is 3. The van der Waals surface area contributed by atoms with Crippen molar-refractivity contribution in [3.8, 4) is 5.75 Å². The van der Waals surface area contributed by atoms with Gasteiger partial charge >= 0.3 is 0 Å². The maximum atomic E-state index is 13.1. The van der Waals surface area contributed by atoms with E-state index in [1.807, 2.05) is 35.2 Å². The summed E-state index contributed by atoms with van der Waals surface area (Å²) in [7, 11) is 1.66. The van der Waals surface area contributed by atoms with E-state index in [1.54, 1.807) is 12.0 Å². The molecule has 6 heteroatoms. The Balaban J connectivity index is 1.37. The molecule has 0 aliphatic carbocycles. The number of para-hydroxylation sites is 1. The van der Waals surface area contributed by atoms with Gasteiger partial charge in [-0.25, -0.2) is 0 Å². The summed E-state index contributed by atoms with van der Waals surface area (Å²) in [5.74, 6) is 0.739. The van der Waals surface area contributed by atoms with Gasteiger partial charge in [-0.15, -0.1) is 0 Å². The molecule has 2 heterocycles. The number of anilines is 2. The average molecular weight is 408 g/mol. The van der Waals surface area contributed by atoms with Crippen LogP contribution < -0.4 is 14.5 Å². The Bertz CT molecular complexity index is 904. The second-order valence-corrected chi connectivity index (χ2v) is 7.90. The number of hydrogen-bond donors (Lipinski definition) is 0. The number of ether oxygens (including phenoxy) is 1. The number of amides is 2. The quantitative estimate of drug-likeness (QED) is 0.765. The van der Waals surface area contributed by atoms with Crippen LogP contribution in [0.1, 0.15) is 18.9 Å². The van der Waals surface area contributed by atoms with E-state index in [0.29, 0.717) is 26.1 Å². The molecular weight excluding hydrogens is 378 g/mol. The van der Waals surface area contributed by atoms with E-state index in [-0.39, 0.29) is 17.7 Å². The number of rotatable bonds is 5. The third kappa shape index (κ3) is 3.99. The lowest BCUT2D eigenvalue weighted by Gasteiger charge is -2.37. The van der Waals surface area contributed by atoms with Crippen LogP contribution in [0.4, 0.5) is 11.4 Å². The molecule has 0 radical (unpaired) electrons. The van der Waals surface area contributed by atoms with Crippen molar-refractivity contribution in [2.45, 2.75) is 19.8 Å². The van der Waals surface area contributed by atoms with Crippen molar-refractivity contribution in [1.29, 1.82) is 0 Å². The highest BCUT2D eigenvalue weighted by Crippen LogP contribution is 2.30. The molecule has 1 atom stereocenters. The Morgan fingerprint density at radius 3 is 2.40 bits per heavy atom. The van der Waals surface area contributed by atoms with Crippen molar-refractivity contribution in [3.63, 3.8) is 0 Å². The van der Waals surface area contributed by atoms with Crippen molar-refractivity contribution in [1.82, 2.24) is 4.90 Å². The molecular formula is C24H29N3O3. The van der Waals surface area contributed by atoms with Gasteiger partial charge in [0.1, 0.15) is 5.75 Å². The number of carbonyl (C=O) groups excluding carboxylic acids is 2. The minimum atomic E-state index is -0.255.